The van der Waals surface area contributed by atoms with Crippen LogP contribution >= 0.6 is 0 Å². The molecule has 0 aliphatic rings. The highest BCUT2D eigenvalue weighted by atomic mass is 16.3. The molecule has 4 nitrogen and oxygen atoms in total. The van der Waals surface area contributed by atoms with Crippen molar-refractivity contribution in [2.75, 3.05) is 19.6 Å². The molecular weight excluding hydrogens is 202 g/mol. The van der Waals surface area contributed by atoms with Gasteiger partial charge >= 0.3 is 0 Å². The minimum Gasteiger partial charge on any atom is -0.389 e. The summed E-state index contributed by atoms with van der Waals surface area (Å²) in [5.74, 6) is 0.858. The number of likely N-dealkylation sites (N-methyl/N-ethyl adjacent to an activating group) is 1. The van der Waals surface area contributed by atoms with Gasteiger partial charge in [-0.3, -0.25) is 0 Å². The number of aliphatic hydroxyl groups is 1. The average Bonchev–Trinajstić information content (AvgIpc) is 2.24. The quantitative estimate of drug-likeness (QED) is 0.785. The SMILES string of the molecule is CCN(CCc1ncccn1)CC(C)(C)O. The summed E-state index contributed by atoms with van der Waals surface area (Å²) in [6.07, 6.45) is 4.34. The summed E-state index contributed by atoms with van der Waals surface area (Å²) in [6.45, 7) is 8.23. The van der Waals surface area contributed by atoms with Gasteiger partial charge < -0.3 is 10.0 Å². The molecule has 0 aliphatic heterocycles. The van der Waals surface area contributed by atoms with E-state index in [0.717, 1.165) is 25.3 Å². The van der Waals surface area contributed by atoms with Gasteiger partial charge in [-0.05, 0) is 26.5 Å². The Kier molecular flexibility index (Phi) is 4.83. The van der Waals surface area contributed by atoms with Crippen molar-refractivity contribution in [2.24, 2.45) is 0 Å². The molecule has 0 aliphatic carbocycles. The second-order valence-corrected chi connectivity index (χ2v) is 4.60. The molecule has 1 N–H and O–H groups in total. The van der Waals surface area contributed by atoms with E-state index in [-0.39, 0.29) is 0 Å². The number of nitrogens with zero attached hydrogens (tertiary/aromatic N) is 3. The lowest BCUT2D eigenvalue weighted by Crippen LogP contribution is -2.39. The molecule has 1 heterocycles. The fourth-order valence-corrected chi connectivity index (χ4v) is 1.61. The standard InChI is InChI=1S/C12H21N3O/c1-4-15(10-12(2,3)16)9-6-11-13-7-5-8-14-11/h5,7-8,16H,4,6,9-10H2,1-3H3. The van der Waals surface area contributed by atoms with Crippen LogP contribution in [0.5, 0.6) is 0 Å². The van der Waals surface area contributed by atoms with E-state index >= 15 is 0 Å². The van der Waals surface area contributed by atoms with Crippen LogP contribution in [0.2, 0.25) is 0 Å². The molecule has 0 unspecified atom stereocenters. The lowest BCUT2D eigenvalue weighted by molar-refractivity contribution is 0.0381. The average molecular weight is 223 g/mol. The zero-order valence-corrected chi connectivity index (χ0v) is 10.3. The van der Waals surface area contributed by atoms with E-state index in [2.05, 4.69) is 21.8 Å². The molecule has 0 spiro atoms. The van der Waals surface area contributed by atoms with Crippen molar-refractivity contribution in [2.45, 2.75) is 32.8 Å². The van der Waals surface area contributed by atoms with Crippen LogP contribution in [0.25, 0.3) is 0 Å². The van der Waals surface area contributed by atoms with Crippen LogP contribution in [0.15, 0.2) is 18.5 Å². The van der Waals surface area contributed by atoms with E-state index in [1.54, 1.807) is 12.4 Å². The maximum Gasteiger partial charge on any atom is 0.129 e. The van der Waals surface area contributed by atoms with Gasteiger partial charge in [0.2, 0.25) is 0 Å². The molecule has 1 aromatic rings. The third kappa shape index (κ3) is 5.19. The molecule has 16 heavy (non-hydrogen) atoms. The molecule has 1 rings (SSSR count). The van der Waals surface area contributed by atoms with Gasteiger partial charge in [-0.1, -0.05) is 6.92 Å². The molecular formula is C12H21N3O. The molecule has 1 aromatic heterocycles. The van der Waals surface area contributed by atoms with Crippen LogP contribution in [0.1, 0.15) is 26.6 Å². The Morgan fingerprint density at radius 1 is 1.31 bits per heavy atom. The third-order valence-electron chi connectivity index (χ3n) is 2.33. The van der Waals surface area contributed by atoms with E-state index in [0.29, 0.717) is 6.54 Å². The van der Waals surface area contributed by atoms with Gasteiger partial charge in [0.15, 0.2) is 0 Å². The van der Waals surface area contributed by atoms with Gasteiger partial charge in [0.1, 0.15) is 5.82 Å². The van der Waals surface area contributed by atoms with Crippen molar-refractivity contribution < 1.29 is 5.11 Å². The molecule has 0 radical (unpaired) electrons. The van der Waals surface area contributed by atoms with Crippen LogP contribution in [-0.2, 0) is 6.42 Å². The van der Waals surface area contributed by atoms with Crippen LogP contribution in [-0.4, -0.2) is 45.2 Å². The Balaban J connectivity index is 2.40. The molecule has 0 saturated carbocycles. The monoisotopic (exact) mass is 223 g/mol. The highest BCUT2D eigenvalue weighted by Gasteiger charge is 2.16. The van der Waals surface area contributed by atoms with Gasteiger partial charge in [0, 0.05) is 31.9 Å². The molecule has 0 amide bonds. The first-order chi connectivity index (χ1) is 7.51. The van der Waals surface area contributed by atoms with Crippen molar-refractivity contribution >= 4 is 0 Å². The van der Waals surface area contributed by atoms with Crippen LogP contribution in [0, 0.1) is 0 Å². The summed E-state index contributed by atoms with van der Waals surface area (Å²) >= 11 is 0. The predicted molar refractivity (Wildman–Crippen MR) is 64.1 cm³/mol. The van der Waals surface area contributed by atoms with E-state index in [1.807, 2.05) is 19.9 Å². The minimum atomic E-state index is -0.645. The fourth-order valence-electron chi connectivity index (χ4n) is 1.61. The minimum absolute atomic E-state index is 0.645. The largest absolute Gasteiger partial charge is 0.389 e. The number of aromatic nitrogens is 2. The van der Waals surface area contributed by atoms with Gasteiger partial charge in [-0.2, -0.15) is 0 Å². The Hall–Kier alpha value is -1.00. The maximum absolute atomic E-state index is 9.74. The highest BCUT2D eigenvalue weighted by molar-refractivity contribution is 4.89. The van der Waals surface area contributed by atoms with Gasteiger partial charge in [-0.25, -0.2) is 9.97 Å². The summed E-state index contributed by atoms with van der Waals surface area (Å²) < 4.78 is 0. The summed E-state index contributed by atoms with van der Waals surface area (Å²) in [6, 6.07) is 1.82. The zero-order valence-electron chi connectivity index (χ0n) is 10.3. The third-order valence-corrected chi connectivity index (χ3v) is 2.33. The summed E-state index contributed by atoms with van der Waals surface area (Å²) in [5, 5.41) is 9.74. The second-order valence-electron chi connectivity index (χ2n) is 4.60. The van der Waals surface area contributed by atoms with Crippen LogP contribution in [0.4, 0.5) is 0 Å². The van der Waals surface area contributed by atoms with Crippen LogP contribution < -0.4 is 0 Å². The Morgan fingerprint density at radius 2 is 1.94 bits per heavy atom. The van der Waals surface area contributed by atoms with E-state index in [1.165, 1.54) is 0 Å². The van der Waals surface area contributed by atoms with Gasteiger partial charge in [-0.15, -0.1) is 0 Å². The first kappa shape index (κ1) is 13.1. The van der Waals surface area contributed by atoms with E-state index < -0.39 is 5.60 Å². The predicted octanol–water partition coefficient (Wildman–Crippen LogP) is 1.11. The molecule has 90 valence electrons. The number of hydrogen-bond acceptors (Lipinski definition) is 4. The van der Waals surface area contributed by atoms with E-state index in [9.17, 15) is 5.11 Å². The molecule has 0 aromatic carbocycles. The molecule has 0 fully saturated rings. The van der Waals surface area contributed by atoms with Gasteiger partial charge in [0.05, 0.1) is 5.60 Å². The van der Waals surface area contributed by atoms with Crippen molar-refractivity contribution in [1.29, 1.82) is 0 Å². The zero-order chi connectivity index (χ0) is 12.0. The Bertz CT molecular complexity index is 295. The Labute approximate surface area is 97.3 Å². The highest BCUT2D eigenvalue weighted by Crippen LogP contribution is 2.05. The number of hydrogen-bond donors (Lipinski definition) is 1. The smallest absolute Gasteiger partial charge is 0.129 e. The summed E-state index contributed by atoms with van der Waals surface area (Å²) in [5.41, 5.74) is -0.645. The topological polar surface area (TPSA) is 49.2 Å². The molecule has 0 saturated heterocycles. The summed E-state index contributed by atoms with van der Waals surface area (Å²) in [4.78, 5) is 10.6. The van der Waals surface area contributed by atoms with Crippen molar-refractivity contribution in [3.63, 3.8) is 0 Å². The number of rotatable bonds is 6. The first-order valence-electron chi connectivity index (χ1n) is 5.72. The van der Waals surface area contributed by atoms with E-state index in [4.69, 9.17) is 0 Å². The van der Waals surface area contributed by atoms with Crippen LogP contribution in [0.3, 0.4) is 0 Å². The van der Waals surface area contributed by atoms with Crippen molar-refractivity contribution in [1.82, 2.24) is 14.9 Å². The lowest BCUT2D eigenvalue weighted by Gasteiger charge is -2.27. The molecule has 4 heteroatoms. The lowest BCUT2D eigenvalue weighted by atomic mass is 10.1. The second kappa shape index (κ2) is 5.92. The fraction of sp³-hybridized carbons (Fsp3) is 0.667. The van der Waals surface area contributed by atoms with Crippen molar-refractivity contribution in [3.8, 4) is 0 Å². The Morgan fingerprint density at radius 3 is 2.44 bits per heavy atom. The van der Waals surface area contributed by atoms with Crippen molar-refractivity contribution in [3.05, 3.63) is 24.3 Å². The maximum atomic E-state index is 9.74. The first-order valence-corrected chi connectivity index (χ1v) is 5.72. The normalized spacial score (nSPS) is 12.1. The molecule has 0 bridgehead atoms. The molecule has 0 atom stereocenters. The van der Waals surface area contributed by atoms with Gasteiger partial charge in [0.25, 0.3) is 0 Å². The summed E-state index contributed by atoms with van der Waals surface area (Å²) in [7, 11) is 0.